The lowest BCUT2D eigenvalue weighted by atomic mass is 9.88. The fourth-order valence-electron chi connectivity index (χ4n) is 3.89. The number of rotatable bonds is 2. The standard InChI is InChI=1S/C20H25N3O2/c21-15-17-9-4-5-10-18(17)20(25)23-12-6-11-22(13-14-23)19(24)16-7-2-1-3-8-16/h4-5,9-10,16H,1-3,6-8,11-14H2. The predicted octanol–water partition coefficient (Wildman–Crippen LogP) is 2.81. The molecule has 2 fully saturated rings. The van der Waals surface area contributed by atoms with Crippen molar-refractivity contribution < 1.29 is 9.59 Å². The number of benzene rings is 1. The van der Waals surface area contributed by atoms with Crippen LogP contribution in [0, 0.1) is 17.2 Å². The molecule has 1 saturated carbocycles. The third kappa shape index (κ3) is 4.01. The summed E-state index contributed by atoms with van der Waals surface area (Å²) in [5.74, 6) is 0.339. The van der Waals surface area contributed by atoms with E-state index in [9.17, 15) is 14.9 Å². The summed E-state index contributed by atoms with van der Waals surface area (Å²) in [6.07, 6.45) is 6.35. The molecule has 3 rings (SSSR count). The van der Waals surface area contributed by atoms with Crippen molar-refractivity contribution in [3.63, 3.8) is 0 Å². The van der Waals surface area contributed by atoms with Gasteiger partial charge in [-0.1, -0.05) is 31.4 Å². The molecule has 132 valence electrons. The van der Waals surface area contributed by atoms with Gasteiger partial charge in [0, 0.05) is 32.1 Å². The van der Waals surface area contributed by atoms with Crippen LogP contribution in [0.4, 0.5) is 0 Å². The molecule has 25 heavy (non-hydrogen) atoms. The van der Waals surface area contributed by atoms with Crippen molar-refractivity contribution in [2.24, 2.45) is 5.92 Å². The second kappa shape index (κ2) is 8.15. The highest BCUT2D eigenvalue weighted by Gasteiger charge is 2.28. The van der Waals surface area contributed by atoms with Crippen LogP contribution in [0.1, 0.15) is 54.4 Å². The highest BCUT2D eigenvalue weighted by Crippen LogP contribution is 2.26. The Bertz CT molecular complexity index is 674. The maximum Gasteiger partial charge on any atom is 0.255 e. The molecule has 0 aromatic heterocycles. The van der Waals surface area contributed by atoms with Gasteiger partial charge in [0.2, 0.25) is 5.91 Å². The summed E-state index contributed by atoms with van der Waals surface area (Å²) in [7, 11) is 0. The summed E-state index contributed by atoms with van der Waals surface area (Å²) in [6, 6.07) is 9.01. The SMILES string of the molecule is N#Cc1ccccc1C(=O)N1CCCN(C(=O)C2CCCCC2)CC1. The van der Waals surface area contributed by atoms with Crippen molar-refractivity contribution in [1.82, 2.24) is 9.80 Å². The van der Waals surface area contributed by atoms with E-state index in [1.165, 1.54) is 6.42 Å². The Morgan fingerprint density at radius 2 is 1.60 bits per heavy atom. The molecule has 0 N–H and O–H groups in total. The molecule has 0 spiro atoms. The summed E-state index contributed by atoms with van der Waals surface area (Å²) in [5, 5.41) is 9.21. The molecule has 2 amide bonds. The topological polar surface area (TPSA) is 64.4 Å². The highest BCUT2D eigenvalue weighted by molar-refractivity contribution is 5.96. The van der Waals surface area contributed by atoms with E-state index in [1.807, 2.05) is 4.90 Å². The van der Waals surface area contributed by atoms with Crippen molar-refractivity contribution in [3.8, 4) is 6.07 Å². The van der Waals surface area contributed by atoms with Crippen LogP contribution >= 0.6 is 0 Å². The van der Waals surface area contributed by atoms with Gasteiger partial charge in [-0.25, -0.2) is 0 Å². The Balaban J connectivity index is 1.64. The van der Waals surface area contributed by atoms with Crippen LogP contribution in [0.3, 0.4) is 0 Å². The highest BCUT2D eigenvalue weighted by atomic mass is 16.2. The third-order valence-corrected chi connectivity index (χ3v) is 5.33. The minimum Gasteiger partial charge on any atom is -0.341 e. The molecule has 0 bridgehead atoms. The average molecular weight is 339 g/mol. The van der Waals surface area contributed by atoms with Crippen LogP contribution in [-0.4, -0.2) is 47.8 Å². The largest absolute Gasteiger partial charge is 0.341 e. The van der Waals surface area contributed by atoms with Crippen LogP contribution in [0.25, 0.3) is 0 Å². The summed E-state index contributed by atoms with van der Waals surface area (Å²) >= 11 is 0. The normalized spacial score (nSPS) is 19.2. The van der Waals surface area contributed by atoms with Gasteiger partial charge in [-0.3, -0.25) is 9.59 Å². The summed E-state index contributed by atoms with van der Waals surface area (Å²) in [6.45, 7) is 2.49. The van der Waals surface area contributed by atoms with Gasteiger partial charge >= 0.3 is 0 Å². The lowest BCUT2D eigenvalue weighted by molar-refractivity contribution is -0.136. The lowest BCUT2D eigenvalue weighted by Crippen LogP contribution is -2.40. The van der Waals surface area contributed by atoms with Gasteiger partial charge in [0.1, 0.15) is 0 Å². The zero-order valence-electron chi connectivity index (χ0n) is 14.6. The Morgan fingerprint density at radius 1 is 0.920 bits per heavy atom. The van der Waals surface area contributed by atoms with E-state index in [2.05, 4.69) is 6.07 Å². The van der Waals surface area contributed by atoms with Gasteiger partial charge in [-0.2, -0.15) is 5.26 Å². The molecule has 1 aromatic carbocycles. The van der Waals surface area contributed by atoms with E-state index >= 15 is 0 Å². The maximum atomic E-state index is 12.8. The molecule has 1 aliphatic carbocycles. The minimum atomic E-state index is -0.107. The van der Waals surface area contributed by atoms with Crippen LogP contribution in [-0.2, 0) is 4.79 Å². The third-order valence-electron chi connectivity index (χ3n) is 5.33. The van der Waals surface area contributed by atoms with E-state index in [0.717, 1.165) is 38.6 Å². The van der Waals surface area contributed by atoms with Crippen molar-refractivity contribution in [2.75, 3.05) is 26.2 Å². The van der Waals surface area contributed by atoms with E-state index in [0.29, 0.717) is 30.8 Å². The first-order valence-corrected chi connectivity index (χ1v) is 9.28. The Morgan fingerprint density at radius 3 is 2.36 bits per heavy atom. The minimum absolute atomic E-state index is 0.107. The first-order chi connectivity index (χ1) is 12.2. The average Bonchev–Trinajstić information content (AvgIpc) is 2.93. The van der Waals surface area contributed by atoms with Crippen LogP contribution < -0.4 is 0 Å². The molecule has 5 nitrogen and oxygen atoms in total. The van der Waals surface area contributed by atoms with E-state index in [4.69, 9.17) is 0 Å². The fourth-order valence-corrected chi connectivity index (χ4v) is 3.89. The van der Waals surface area contributed by atoms with Crippen LogP contribution in [0.15, 0.2) is 24.3 Å². The number of nitriles is 1. The first kappa shape index (κ1) is 17.5. The molecular weight excluding hydrogens is 314 g/mol. The second-order valence-corrected chi connectivity index (χ2v) is 6.96. The maximum absolute atomic E-state index is 12.8. The van der Waals surface area contributed by atoms with Gasteiger partial charge in [0.25, 0.3) is 5.91 Å². The number of amides is 2. The van der Waals surface area contributed by atoms with Gasteiger partial charge in [-0.05, 0) is 31.4 Å². The molecule has 0 atom stereocenters. The Kier molecular flexibility index (Phi) is 5.70. The van der Waals surface area contributed by atoms with Crippen molar-refractivity contribution in [3.05, 3.63) is 35.4 Å². The number of hydrogen-bond acceptors (Lipinski definition) is 3. The zero-order valence-corrected chi connectivity index (χ0v) is 14.6. The molecule has 0 radical (unpaired) electrons. The lowest BCUT2D eigenvalue weighted by Gasteiger charge is -2.28. The van der Waals surface area contributed by atoms with Crippen molar-refractivity contribution >= 4 is 11.8 Å². The second-order valence-electron chi connectivity index (χ2n) is 6.96. The molecule has 2 aliphatic rings. The van der Waals surface area contributed by atoms with Gasteiger partial charge in [0.15, 0.2) is 0 Å². The van der Waals surface area contributed by atoms with Gasteiger partial charge in [-0.15, -0.1) is 0 Å². The zero-order chi connectivity index (χ0) is 17.6. The van der Waals surface area contributed by atoms with E-state index in [1.54, 1.807) is 29.2 Å². The molecule has 1 aliphatic heterocycles. The van der Waals surface area contributed by atoms with E-state index in [-0.39, 0.29) is 17.7 Å². The quantitative estimate of drug-likeness (QED) is 0.832. The molecular formula is C20H25N3O2. The summed E-state index contributed by atoms with van der Waals surface area (Å²) in [4.78, 5) is 29.2. The number of hydrogen-bond donors (Lipinski definition) is 0. The Hall–Kier alpha value is -2.35. The molecule has 1 aromatic rings. The summed E-state index contributed by atoms with van der Waals surface area (Å²) < 4.78 is 0. The first-order valence-electron chi connectivity index (χ1n) is 9.28. The molecule has 5 heteroatoms. The van der Waals surface area contributed by atoms with Gasteiger partial charge in [0.05, 0.1) is 17.2 Å². The number of carbonyl (C=O) groups is 2. The molecule has 1 saturated heterocycles. The number of nitrogens with zero attached hydrogens (tertiary/aromatic N) is 3. The fraction of sp³-hybridized carbons (Fsp3) is 0.550. The smallest absolute Gasteiger partial charge is 0.255 e. The monoisotopic (exact) mass is 339 g/mol. The predicted molar refractivity (Wildman–Crippen MR) is 94.8 cm³/mol. The Labute approximate surface area is 149 Å². The van der Waals surface area contributed by atoms with Crippen molar-refractivity contribution in [1.29, 1.82) is 5.26 Å². The van der Waals surface area contributed by atoms with Gasteiger partial charge < -0.3 is 9.80 Å². The molecule has 0 unspecified atom stereocenters. The van der Waals surface area contributed by atoms with Crippen LogP contribution in [0.5, 0.6) is 0 Å². The number of carbonyl (C=O) groups excluding carboxylic acids is 2. The van der Waals surface area contributed by atoms with Crippen molar-refractivity contribution in [2.45, 2.75) is 38.5 Å². The van der Waals surface area contributed by atoms with Crippen LogP contribution in [0.2, 0.25) is 0 Å². The molecule has 1 heterocycles. The summed E-state index contributed by atoms with van der Waals surface area (Å²) in [5.41, 5.74) is 0.865. The van der Waals surface area contributed by atoms with E-state index < -0.39 is 0 Å².